The van der Waals surface area contributed by atoms with E-state index in [0.29, 0.717) is 12.5 Å². The van der Waals surface area contributed by atoms with Gasteiger partial charge in [0.2, 0.25) is 0 Å². The highest BCUT2D eigenvalue weighted by atomic mass is 19.4. The average Bonchev–Trinajstić information content (AvgIpc) is 2.10. The third-order valence-corrected chi connectivity index (χ3v) is 1.42. The Morgan fingerprint density at radius 2 is 1.88 bits per heavy atom. The monoisotopic (exact) mass is 245 g/mol. The van der Waals surface area contributed by atoms with Crippen LogP contribution in [-0.2, 0) is 9.57 Å². The SMILES string of the molecule is CC(C)COCC(O)CNOCC(F)(F)F. The van der Waals surface area contributed by atoms with E-state index in [2.05, 4.69) is 4.84 Å². The van der Waals surface area contributed by atoms with Crippen LogP contribution in [0.2, 0.25) is 0 Å². The van der Waals surface area contributed by atoms with Gasteiger partial charge in [-0.2, -0.15) is 18.7 Å². The Morgan fingerprint density at radius 1 is 1.25 bits per heavy atom. The molecular formula is C9H18F3NO3. The molecule has 0 bridgehead atoms. The number of hydroxylamine groups is 1. The van der Waals surface area contributed by atoms with E-state index in [1.807, 2.05) is 19.3 Å². The van der Waals surface area contributed by atoms with Gasteiger partial charge in [0.25, 0.3) is 0 Å². The Kier molecular flexibility index (Phi) is 7.65. The lowest BCUT2D eigenvalue weighted by Gasteiger charge is -2.14. The lowest BCUT2D eigenvalue weighted by molar-refractivity contribution is -0.191. The smallest absolute Gasteiger partial charge is 0.389 e. The molecule has 0 aliphatic heterocycles. The summed E-state index contributed by atoms with van der Waals surface area (Å²) in [6, 6.07) is 0. The molecule has 98 valence electrons. The second-order valence-corrected chi connectivity index (χ2v) is 3.84. The van der Waals surface area contributed by atoms with Gasteiger partial charge >= 0.3 is 6.18 Å². The van der Waals surface area contributed by atoms with Gasteiger partial charge in [-0.15, -0.1) is 0 Å². The maximum atomic E-state index is 11.6. The van der Waals surface area contributed by atoms with Crippen LogP contribution in [0.1, 0.15) is 13.8 Å². The van der Waals surface area contributed by atoms with Gasteiger partial charge in [0, 0.05) is 13.2 Å². The van der Waals surface area contributed by atoms with Crippen LogP contribution in [0.4, 0.5) is 13.2 Å². The summed E-state index contributed by atoms with van der Waals surface area (Å²) in [6.45, 7) is 3.00. The van der Waals surface area contributed by atoms with Gasteiger partial charge in [-0.25, -0.2) is 0 Å². The van der Waals surface area contributed by atoms with E-state index >= 15 is 0 Å². The number of hydrogen-bond donors (Lipinski definition) is 2. The molecule has 0 radical (unpaired) electrons. The average molecular weight is 245 g/mol. The van der Waals surface area contributed by atoms with Crippen molar-refractivity contribution in [2.75, 3.05) is 26.4 Å². The first-order valence-electron chi connectivity index (χ1n) is 4.98. The number of ether oxygens (including phenoxy) is 1. The van der Waals surface area contributed by atoms with Gasteiger partial charge < -0.3 is 9.84 Å². The largest absolute Gasteiger partial charge is 0.413 e. The minimum atomic E-state index is -4.37. The maximum absolute atomic E-state index is 11.6. The number of aliphatic hydroxyl groups excluding tert-OH is 1. The molecule has 0 rings (SSSR count). The van der Waals surface area contributed by atoms with Crippen LogP contribution in [0.25, 0.3) is 0 Å². The molecule has 1 atom stereocenters. The minimum absolute atomic E-state index is 0.0700. The second-order valence-electron chi connectivity index (χ2n) is 3.84. The number of alkyl halides is 3. The molecule has 0 saturated heterocycles. The van der Waals surface area contributed by atoms with E-state index in [1.165, 1.54) is 0 Å². The van der Waals surface area contributed by atoms with E-state index in [4.69, 9.17) is 4.74 Å². The third-order valence-electron chi connectivity index (χ3n) is 1.42. The number of halogens is 3. The zero-order valence-corrected chi connectivity index (χ0v) is 9.38. The van der Waals surface area contributed by atoms with Crippen molar-refractivity contribution in [3.63, 3.8) is 0 Å². The molecule has 0 aliphatic carbocycles. The van der Waals surface area contributed by atoms with Crippen LogP contribution in [-0.4, -0.2) is 43.8 Å². The molecule has 2 N–H and O–H groups in total. The Hall–Kier alpha value is -0.370. The van der Waals surface area contributed by atoms with Crippen LogP contribution < -0.4 is 5.48 Å². The first-order chi connectivity index (χ1) is 7.31. The van der Waals surface area contributed by atoms with Crippen molar-refractivity contribution in [2.24, 2.45) is 5.92 Å². The molecule has 0 spiro atoms. The molecule has 1 unspecified atom stereocenters. The molecule has 0 fully saturated rings. The van der Waals surface area contributed by atoms with Crippen LogP contribution in [0.15, 0.2) is 0 Å². The molecule has 0 heterocycles. The second kappa shape index (κ2) is 7.83. The predicted molar refractivity (Wildman–Crippen MR) is 51.7 cm³/mol. The Labute approximate surface area is 92.7 Å². The Bertz CT molecular complexity index is 176. The summed E-state index contributed by atoms with van der Waals surface area (Å²) in [6.07, 6.45) is -5.25. The highest BCUT2D eigenvalue weighted by molar-refractivity contribution is 4.54. The van der Waals surface area contributed by atoms with Crippen molar-refractivity contribution in [3.05, 3.63) is 0 Å². The van der Waals surface area contributed by atoms with Crippen molar-refractivity contribution in [3.8, 4) is 0 Å². The van der Waals surface area contributed by atoms with Crippen molar-refractivity contribution in [1.29, 1.82) is 0 Å². The normalized spacial score (nSPS) is 14.4. The predicted octanol–water partition coefficient (Wildman–Crippen LogP) is 1.10. The highest BCUT2D eigenvalue weighted by Gasteiger charge is 2.27. The van der Waals surface area contributed by atoms with Gasteiger partial charge in [-0.3, -0.25) is 4.84 Å². The van der Waals surface area contributed by atoms with Gasteiger partial charge in [0.05, 0.1) is 12.7 Å². The number of aliphatic hydroxyl groups is 1. The van der Waals surface area contributed by atoms with Crippen LogP contribution in [0.3, 0.4) is 0 Å². The zero-order valence-electron chi connectivity index (χ0n) is 9.38. The lowest BCUT2D eigenvalue weighted by Crippen LogP contribution is -2.33. The quantitative estimate of drug-likeness (QED) is 0.496. The molecule has 0 saturated carbocycles. The Morgan fingerprint density at radius 3 is 2.38 bits per heavy atom. The summed E-state index contributed by atoms with van der Waals surface area (Å²) >= 11 is 0. The van der Waals surface area contributed by atoms with E-state index in [1.54, 1.807) is 0 Å². The third kappa shape index (κ3) is 11.7. The molecule has 0 aromatic carbocycles. The molecule has 0 aromatic rings. The van der Waals surface area contributed by atoms with E-state index in [-0.39, 0.29) is 13.2 Å². The van der Waals surface area contributed by atoms with Gasteiger partial charge in [0.1, 0.15) is 0 Å². The van der Waals surface area contributed by atoms with Gasteiger partial charge in [0.15, 0.2) is 6.61 Å². The lowest BCUT2D eigenvalue weighted by atomic mass is 10.2. The standard InChI is InChI=1S/C9H18F3NO3/c1-7(2)4-15-5-8(14)3-13-16-6-9(10,11)12/h7-8,13-14H,3-6H2,1-2H3. The first-order valence-corrected chi connectivity index (χ1v) is 4.98. The fraction of sp³-hybridized carbons (Fsp3) is 1.00. The topological polar surface area (TPSA) is 50.7 Å². The van der Waals surface area contributed by atoms with Gasteiger partial charge in [-0.05, 0) is 5.92 Å². The minimum Gasteiger partial charge on any atom is -0.389 e. The summed E-state index contributed by atoms with van der Waals surface area (Å²) in [5.74, 6) is 0.349. The number of rotatable bonds is 8. The summed E-state index contributed by atoms with van der Waals surface area (Å²) < 4.78 is 39.9. The molecule has 7 heteroatoms. The number of nitrogens with one attached hydrogen (secondary N) is 1. The molecule has 16 heavy (non-hydrogen) atoms. The summed E-state index contributed by atoms with van der Waals surface area (Å²) in [4.78, 5) is 4.11. The molecular weight excluding hydrogens is 227 g/mol. The molecule has 0 amide bonds. The van der Waals surface area contributed by atoms with E-state index < -0.39 is 18.9 Å². The van der Waals surface area contributed by atoms with E-state index in [0.717, 1.165) is 0 Å². The molecule has 0 aromatic heterocycles. The Balaban J connectivity index is 3.34. The van der Waals surface area contributed by atoms with Crippen LogP contribution >= 0.6 is 0 Å². The summed E-state index contributed by atoms with van der Waals surface area (Å²) in [5, 5.41) is 9.24. The van der Waals surface area contributed by atoms with Crippen LogP contribution in [0, 0.1) is 5.92 Å². The molecule has 4 nitrogen and oxygen atoms in total. The van der Waals surface area contributed by atoms with Crippen molar-refractivity contribution in [1.82, 2.24) is 5.48 Å². The van der Waals surface area contributed by atoms with E-state index in [9.17, 15) is 18.3 Å². The summed E-state index contributed by atoms with van der Waals surface area (Å²) in [7, 11) is 0. The molecule has 0 aliphatic rings. The maximum Gasteiger partial charge on any atom is 0.413 e. The first kappa shape index (κ1) is 15.6. The highest BCUT2D eigenvalue weighted by Crippen LogP contribution is 2.13. The van der Waals surface area contributed by atoms with Crippen LogP contribution in [0.5, 0.6) is 0 Å². The van der Waals surface area contributed by atoms with Crippen molar-refractivity contribution < 1.29 is 27.9 Å². The van der Waals surface area contributed by atoms with Crippen molar-refractivity contribution >= 4 is 0 Å². The fourth-order valence-corrected chi connectivity index (χ4v) is 0.787. The van der Waals surface area contributed by atoms with Crippen molar-refractivity contribution in [2.45, 2.75) is 26.1 Å². The fourth-order valence-electron chi connectivity index (χ4n) is 0.787. The zero-order chi connectivity index (χ0) is 12.6. The van der Waals surface area contributed by atoms with Gasteiger partial charge in [-0.1, -0.05) is 13.8 Å². The number of hydrogen-bond acceptors (Lipinski definition) is 4. The summed E-state index contributed by atoms with van der Waals surface area (Å²) in [5.41, 5.74) is 2.03.